The predicted molar refractivity (Wildman–Crippen MR) is 97.8 cm³/mol. The number of aromatic hydroxyl groups is 1. The summed E-state index contributed by atoms with van der Waals surface area (Å²) in [6.07, 6.45) is -0.283. The van der Waals surface area contributed by atoms with Gasteiger partial charge in [-0.15, -0.1) is 0 Å². The quantitative estimate of drug-likeness (QED) is 0.614. The van der Waals surface area contributed by atoms with Crippen LogP contribution in [0.4, 0.5) is 0 Å². The van der Waals surface area contributed by atoms with Gasteiger partial charge < -0.3 is 14.9 Å². The molecule has 5 nitrogen and oxygen atoms in total. The molecule has 2 aromatic carbocycles. The van der Waals surface area contributed by atoms with Crippen LogP contribution in [-0.4, -0.2) is 21.8 Å². The molecule has 7 heteroatoms. The van der Waals surface area contributed by atoms with E-state index in [0.717, 1.165) is 22.5 Å². The summed E-state index contributed by atoms with van der Waals surface area (Å²) in [5, 5.41) is 20.4. The van der Waals surface area contributed by atoms with Crippen LogP contribution >= 0.6 is 22.9 Å². The minimum Gasteiger partial charge on any atom is -0.494 e. The van der Waals surface area contributed by atoms with E-state index in [1.807, 2.05) is 12.1 Å². The molecule has 0 fully saturated rings. The fourth-order valence-electron chi connectivity index (χ4n) is 2.32. The second kappa shape index (κ2) is 7.74. The molecule has 1 unspecified atom stereocenters. The van der Waals surface area contributed by atoms with Gasteiger partial charge in [-0.25, -0.2) is 0 Å². The summed E-state index contributed by atoms with van der Waals surface area (Å²) in [5.74, 6) is 0.546. The molecule has 0 spiro atoms. The van der Waals surface area contributed by atoms with Crippen molar-refractivity contribution < 1.29 is 14.9 Å². The van der Waals surface area contributed by atoms with Gasteiger partial charge in [0.25, 0.3) is 0 Å². The van der Waals surface area contributed by atoms with E-state index < -0.39 is 6.10 Å². The Labute approximate surface area is 153 Å². The molecule has 3 aromatic rings. The van der Waals surface area contributed by atoms with E-state index in [0.29, 0.717) is 22.1 Å². The molecule has 1 aromatic heterocycles. The molecular formula is C18H16ClNO4S. The average Bonchev–Trinajstić information content (AvgIpc) is 2.92. The molecule has 0 aliphatic heterocycles. The van der Waals surface area contributed by atoms with Crippen molar-refractivity contribution in [2.45, 2.75) is 12.5 Å². The largest absolute Gasteiger partial charge is 0.494 e. The molecule has 25 heavy (non-hydrogen) atoms. The first-order valence-corrected chi connectivity index (χ1v) is 8.77. The number of H-pyrrole nitrogens is 1. The van der Waals surface area contributed by atoms with Crippen molar-refractivity contribution in [3.8, 4) is 11.6 Å². The number of hydrogen-bond acceptors (Lipinski definition) is 5. The van der Waals surface area contributed by atoms with Gasteiger partial charge in [0.15, 0.2) is 0 Å². The number of nitrogens with one attached hydrogen (secondary N) is 1. The molecular weight excluding hydrogens is 362 g/mol. The Balaban J connectivity index is 1.58. The van der Waals surface area contributed by atoms with Gasteiger partial charge in [0.1, 0.15) is 18.5 Å². The Bertz CT molecular complexity index is 887. The molecule has 0 amide bonds. The van der Waals surface area contributed by atoms with E-state index in [1.54, 1.807) is 36.4 Å². The Kier molecular flexibility index (Phi) is 5.43. The van der Waals surface area contributed by atoms with Gasteiger partial charge in [-0.3, -0.25) is 9.78 Å². The van der Waals surface area contributed by atoms with Gasteiger partial charge in [-0.1, -0.05) is 47.2 Å². The maximum absolute atomic E-state index is 11.2. The van der Waals surface area contributed by atoms with Crippen LogP contribution in [0.5, 0.6) is 11.6 Å². The van der Waals surface area contributed by atoms with Gasteiger partial charge in [0.2, 0.25) is 5.88 Å². The highest BCUT2D eigenvalue weighted by molar-refractivity contribution is 7.09. The van der Waals surface area contributed by atoms with E-state index in [2.05, 4.69) is 4.98 Å². The molecule has 0 radical (unpaired) electrons. The SMILES string of the molecule is O=c1[nH]c(O)c(Cc2ccc(OCC(O)c3ccc(Cl)cc3)cc2)s1. The van der Waals surface area contributed by atoms with Crippen molar-refractivity contribution in [2.75, 3.05) is 6.61 Å². The van der Waals surface area contributed by atoms with Crippen molar-refractivity contribution in [1.29, 1.82) is 0 Å². The van der Waals surface area contributed by atoms with Crippen LogP contribution in [0.25, 0.3) is 0 Å². The van der Waals surface area contributed by atoms with Gasteiger partial charge in [-0.05, 0) is 35.4 Å². The molecule has 130 valence electrons. The van der Waals surface area contributed by atoms with Crippen LogP contribution in [0.1, 0.15) is 22.1 Å². The summed E-state index contributed by atoms with van der Waals surface area (Å²) in [4.78, 5) is 13.9. The Morgan fingerprint density at radius 1 is 1.12 bits per heavy atom. The summed E-state index contributed by atoms with van der Waals surface area (Å²) < 4.78 is 5.60. The van der Waals surface area contributed by atoms with Crippen LogP contribution in [0.3, 0.4) is 0 Å². The van der Waals surface area contributed by atoms with Crippen LogP contribution in [0.15, 0.2) is 53.3 Å². The molecule has 3 N–H and O–H groups in total. The number of aliphatic hydroxyl groups is 1. The average molecular weight is 378 g/mol. The summed E-state index contributed by atoms with van der Waals surface area (Å²) in [6, 6.07) is 14.2. The normalized spacial score (nSPS) is 12.1. The molecule has 0 saturated carbocycles. The molecule has 0 aliphatic rings. The van der Waals surface area contributed by atoms with Crippen LogP contribution in [0.2, 0.25) is 5.02 Å². The van der Waals surface area contributed by atoms with E-state index >= 15 is 0 Å². The topological polar surface area (TPSA) is 82.6 Å². The van der Waals surface area contributed by atoms with Crippen LogP contribution < -0.4 is 9.61 Å². The third-order valence-electron chi connectivity index (χ3n) is 3.65. The van der Waals surface area contributed by atoms with Crippen molar-refractivity contribution in [1.82, 2.24) is 4.98 Å². The first-order chi connectivity index (χ1) is 12.0. The standard InChI is InChI=1S/C18H16ClNO4S/c19-13-5-3-12(4-6-13)15(21)10-24-14-7-1-11(2-8-14)9-16-17(22)20-18(23)25-16/h1-8,15,21-22H,9-10H2,(H,20,23). The van der Waals surface area contributed by atoms with Crippen molar-refractivity contribution in [2.24, 2.45) is 0 Å². The van der Waals surface area contributed by atoms with E-state index in [4.69, 9.17) is 16.3 Å². The first kappa shape index (κ1) is 17.5. The monoisotopic (exact) mass is 377 g/mol. The van der Waals surface area contributed by atoms with Gasteiger partial charge in [0.05, 0.1) is 4.88 Å². The van der Waals surface area contributed by atoms with Gasteiger partial charge in [-0.2, -0.15) is 0 Å². The highest BCUT2D eigenvalue weighted by Gasteiger charge is 2.10. The predicted octanol–water partition coefficient (Wildman–Crippen LogP) is 3.50. The van der Waals surface area contributed by atoms with Crippen molar-refractivity contribution in [3.63, 3.8) is 0 Å². The Morgan fingerprint density at radius 2 is 1.80 bits per heavy atom. The van der Waals surface area contributed by atoms with E-state index in [1.165, 1.54) is 0 Å². The minimum absolute atomic E-state index is 0.0820. The number of halogens is 1. The fourth-order valence-corrected chi connectivity index (χ4v) is 3.20. The maximum Gasteiger partial charge on any atom is 0.307 e. The molecule has 0 saturated heterocycles. The molecule has 0 bridgehead atoms. The lowest BCUT2D eigenvalue weighted by Gasteiger charge is -2.13. The zero-order valence-corrected chi connectivity index (χ0v) is 14.7. The molecule has 1 heterocycles. The second-order valence-corrected chi connectivity index (χ2v) is 6.99. The lowest BCUT2D eigenvalue weighted by molar-refractivity contribution is 0.108. The Hall–Kier alpha value is -2.28. The number of aliphatic hydroxyl groups excluding tert-OH is 1. The van der Waals surface area contributed by atoms with Gasteiger partial charge >= 0.3 is 4.87 Å². The lowest BCUT2D eigenvalue weighted by Crippen LogP contribution is -2.09. The van der Waals surface area contributed by atoms with Crippen molar-refractivity contribution >= 4 is 22.9 Å². The third-order valence-corrected chi connectivity index (χ3v) is 4.77. The minimum atomic E-state index is -0.744. The fraction of sp³-hybridized carbons (Fsp3) is 0.167. The summed E-state index contributed by atoms with van der Waals surface area (Å²) in [5.41, 5.74) is 1.68. The highest BCUT2D eigenvalue weighted by atomic mass is 35.5. The number of thiazole rings is 1. The van der Waals surface area contributed by atoms with Crippen LogP contribution in [0, 0.1) is 0 Å². The number of benzene rings is 2. The summed E-state index contributed by atoms with van der Waals surface area (Å²) in [6.45, 7) is 0.126. The summed E-state index contributed by atoms with van der Waals surface area (Å²) >= 11 is 6.82. The Morgan fingerprint density at radius 3 is 2.40 bits per heavy atom. The highest BCUT2D eigenvalue weighted by Crippen LogP contribution is 2.23. The second-order valence-electron chi connectivity index (χ2n) is 5.49. The zero-order chi connectivity index (χ0) is 17.8. The number of aromatic amines is 1. The van der Waals surface area contributed by atoms with Crippen molar-refractivity contribution in [3.05, 3.63) is 79.2 Å². The number of aromatic nitrogens is 1. The van der Waals surface area contributed by atoms with Crippen LogP contribution in [-0.2, 0) is 6.42 Å². The zero-order valence-electron chi connectivity index (χ0n) is 13.1. The first-order valence-electron chi connectivity index (χ1n) is 7.57. The van der Waals surface area contributed by atoms with Gasteiger partial charge in [0, 0.05) is 11.4 Å². The number of ether oxygens (including phenoxy) is 1. The smallest absolute Gasteiger partial charge is 0.307 e. The molecule has 3 rings (SSSR count). The summed E-state index contributed by atoms with van der Waals surface area (Å²) in [7, 11) is 0. The molecule has 0 aliphatic carbocycles. The maximum atomic E-state index is 11.2. The lowest BCUT2D eigenvalue weighted by atomic mass is 10.1. The van der Waals surface area contributed by atoms with E-state index in [9.17, 15) is 15.0 Å². The van der Waals surface area contributed by atoms with E-state index in [-0.39, 0.29) is 17.4 Å². The third kappa shape index (κ3) is 4.63. The number of hydrogen-bond donors (Lipinski definition) is 3. The number of rotatable bonds is 6. The molecule has 1 atom stereocenters.